The van der Waals surface area contributed by atoms with E-state index in [0.29, 0.717) is 12.5 Å². The van der Waals surface area contributed by atoms with Gasteiger partial charge in [0.15, 0.2) is 0 Å². The van der Waals surface area contributed by atoms with Crippen LogP contribution in [-0.2, 0) is 4.79 Å². The smallest absolute Gasteiger partial charge is 0.317 e. The Bertz CT molecular complexity index is 281. The molecule has 1 saturated carbocycles. The lowest BCUT2D eigenvalue weighted by Gasteiger charge is -2.23. The molecule has 1 rings (SSSR count). The first-order valence-electron chi connectivity index (χ1n) is 6.30. The first-order valence-corrected chi connectivity index (χ1v) is 6.30. The van der Waals surface area contributed by atoms with E-state index in [4.69, 9.17) is 5.11 Å². The van der Waals surface area contributed by atoms with Crippen LogP contribution >= 0.6 is 0 Å². The molecule has 0 aromatic heterocycles. The van der Waals surface area contributed by atoms with Gasteiger partial charge in [-0.25, -0.2) is 4.79 Å². The number of nitrogens with one attached hydrogen (secondary N) is 1. The van der Waals surface area contributed by atoms with E-state index in [2.05, 4.69) is 12.2 Å². The number of carboxylic acids is 1. The highest BCUT2D eigenvalue weighted by Gasteiger charge is 2.24. The summed E-state index contributed by atoms with van der Waals surface area (Å²) in [5.74, 6) is -0.194. The van der Waals surface area contributed by atoms with Crippen LogP contribution in [0.25, 0.3) is 0 Å². The number of hydrogen-bond donors (Lipinski definition) is 2. The van der Waals surface area contributed by atoms with Crippen molar-refractivity contribution >= 4 is 12.0 Å². The molecule has 1 fully saturated rings. The van der Waals surface area contributed by atoms with Crippen molar-refractivity contribution in [2.45, 2.75) is 45.6 Å². The maximum atomic E-state index is 11.9. The summed E-state index contributed by atoms with van der Waals surface area (Å²) in [6.07, 6.45) is 3.22. The van der Waals surface area contributed by atoms with E-state index in [0.717, 1.165) is 19.3 Å². The zero-order valence-electron chi connectivity index (χ0n) is 10.6. The molecule has 1 aliphatic carbocycles. The molecule has 98 valence electrons. The summed E-state index contributed by atoms with van der Waals surface area (Å²) in [6, 6.07) is 0.129. The Balaban J connectivity index is 2.35. The third-order valence-electron chi connectivity index (χ3n) is 3.29. The summed E-state index contributed by atoms with van der Waals surface area (Å²) in [5.41, 5.74) is 0. The molecule has 2 atom stereocenters. The number of amides is 2. The van der Waals surface area contributed by atoms with Gasteiger partial charge in [0.2, 0.25) is 0 Å². The number of carbonyl (C=O) groups is 2. The molecule has 0 saturated heterocycles. The van der Waals surface area contributed by atoms with Crippen LogP contribution in [0.2, 0.25) is 0 Å². The second kappa shape index (κ2) is 6.47. The molecule has 2 amide bonds. The molecule has 5 nitrogen and oxygen atoms in total. The van der Waals surface area contributed by atoms with E-state index in [-0.39, 0.29) is 25.0 Å². The van der Waals surface area contributed by atoms with Crippen LogP contribution in [0.15, 0.2) is 0 Å². The SMILES string of the molecule is CCN(CCC(=O)O)C(=O)NC1CCC(C)C1. The van der Waals surface area contributed by atoms with Gasteiger partial charge in [0.1, 0.15) is 0 Å². The highest BCUT2D eigenvalue weighted by Crippen LogP contribution is 2.24. The van der Waals surface area contributed by atoms with Gasteiger partial charge in [0.25, 0.3) is 0 Å². The molecule has 0 bridgehead atoms. The molecule has 0 aromatic rings. The largest absolute Gasteiger partial charge is 0.481 e. The lowest BCUT2D eigenvalue weighted by Crippen LogP contribution is -2.44. The number of nitrogens with zero attached hydrogens (tertiary/aromatic N) is 1. The van der Waals surface area contributed by atoms with Gasteiger partial charge in [-0.05, 0) is 32.1 Å². The normalized spacial score (nSPS) is 23.4. The fourth-order valence-corrected chi connectivity index (χ4v) is 2.24. The molecule has 1 aliphatic rings. The second-order valence-electron chi connectivity index (χ2n) is 4.79. The molecule has 5 heteroatoms. The maximum Gasteiger partial charge on any atom is 0.317 e. The second-order valence-corrected chi connectivity index (χ2v) is 4.79. The van der Waals surface area contributed by atoms with Crippen molar-refractivity contribution in [2.24, 2.45) is 5.92 Å². The summed E-state index contributed by atoms with van der Waals surface area (Å²) < 4.78 is 0. The number of urea groups is 1. The average molecular weight is 242 g/mol. The van der Waals surface area contributed by atoms with Crippen molar-refractivity contribution in [3.63, 3.8) is 0 Å². The van der Waals surface area contributed by atoms with Crippen LogP contribution < -0.4 is 5.32 Å². The minimum Gasteiger partial charge on any atom is -0.481 e. The summed E-state index contributed by atoms with van der Waals surface area (Å²) >= 11 is 0. The molecular formula is C12H22N2O3. The van der Waals surface area contributed by atoms with E-state index in [9.17, 15) is 9.59 Å². The third-order valence-corrected chi connectivity index (χ3v) is 3.29. The van der Waals surface area contributed by atoms with Gasteiger partial charge in [-0.1, -0.05) is 6.92 Å². The van der Waals surface area contributed by atoms with E-state index in [1.54, 1.807) is 4.90 Å². The fourth-order valence-electron chi connectivity index (χ4n) is 2.24. The van der Waals surface area contributed by atoms with E-state index < -0.39 is 5.97 Å². The van der Waals surface area contributed by atoms with Gasteiger partial charge in [0.05, 0.1) is 6.42 Å². The predicted molar refractivity (Wildman–Crippen MR) is 64.8 cm³/mol. The van der Waals surface area contributed by atoms with Crippen LogP contribution in [0, 0.1) is 5.92 Å². The Morgan fingerprint density at radius 3 is 2.59 bits per heavy atom. The Hall–Kier alpha value is -1.26. The summed E-state index contributed by atoms with van der Waals surface area (Å²) in [5, 5.41) is 11.6. The van der Waals surface area contributed by atoms with E-state index in [1.165, 1.54) is 0 Å². The van der Waals surface area contributed by atoms with Gasteiger partial charge in [-0.2, -0.15) is 0 Å². The molecular weight excluding hydrogens is 220 g/mol. The Morgan fingerprint density at radius 1 is 1.41 bits per heavy atom. The van der Waals surface area contributed by atoms with Crippen LogP contribution in [-0.4, -0.2) is 41.1 Å². The number of hydrogen-bond acceptors (Lipinski definition) is 2. The Morgan fingerprint density at radius 2 is 2.12 bits per heavy atom. The van der Waals surface area contributed by atoms with Crippen LogP contribution in [0.5, 0.6) is 0 Å². The minimum absolute atomic E-state index is 0.00231. The highest BCUT2D eigenvalue weighted by molar-refractivity contribution is 5.75. The van der Waals surface area contributed by atoms with Gasteiger partial charge >= 0.3 is 12.0 Å². The number of rotatable bonds is 5. The van der Waals surface area contributed by atoms with Crippen molar-refractivity contribution in [3.05, 3.63) is 0 Å². The average Bonchev–Trinajstić information content (AvgIpc) is 2.64. The first-order chi connectivity index (χ1) is 8.02. The summed E-state index contributed by atoms with van der Waals surface area (Å²) in [7, 11) is 0. The predicted octanol–water partition coefficient (Wildman–Crippen LogP) is 1.68. The van der Waals surface area contributed by atoms with Crippen molar-refractivity contribution in [1.29, 1.82) is 0 Å². The van der Waals surface area contributed by atoms with Crippen LogP contribution in [0.1, 0.15) is 39.5 Å². The zero-order valence-corrected chi connectivity index (χ0v) is 10.6. The summed E-state index contributed by atoms with van der Waals surface area (Å²) in [4.78, 5) is 23.9. The third kappa shape index (κ3) is 4.63. The maximum absolute atomic E-state index is 11.9. The van der Waals surface area contributed by atoms with Crippen molar-refractivity contribution in [3.8, 4) is 0 Å². The van der Waals surface area contributed by atoms with Crippen molar-refractivity contribution < 1.29 is 14.7 Å². The molecule has 2 unspecified atom stereocenters. The van der Waals surface area contributed by atoms with Gasteiger partial charge in [-0.3, -0.25) is 4.79 Å². The van der Waals surface area contributed by atoms with E-state index in [1.807, 2.05) is 6.92 Å². The topological polar surface area (TPSA) is 69.6 Å². The van der Waals surface area contributed by atoms with Gasteiger partial charge < -0.3 is 15.3 Å². The molecule has 0 heterocycles. The molecule has 0 aliphatic heterocycles. The number of carbonyl (C=O) groups excluding carboxylic acids is 1. The lowest BCUT2D eigenvalue weighted by molar-refractivity contribution is -0.137. The fraction of sp³-hybridized carbons (Fsp3) is 0.833. The highest BCUT2D eigenvalue weighted by atomic mass is 16.4. The molecule has 2 N–H and O–H groups in total. The molecule has 0 spiro atoms. The quantitative estimate of drug-likeness (QED) is 0.770. The number of carboxylic acid groups (broad SMARTS) is 1. The molecule has 17 heavy (non-hydrogen) atoms. The zero-order chi connectivity index (χ0) is 12.8. The minimum atomic E-state index is -0.870. The van der Waals surface area contributed by atoms with Crippen LogP contribution in [0.3, 0.4) is 0 Å². The van der Waals surface area contributed by atoms with E-state index >= 15 is 0 Å². The van der Waals surface area contributed by atoms with Crippen LogP contribution in [0.4, 0.5) is 4.79 Å². The van der Waals surface area contributed by atoms with Gasteiger partial charge in [-0.15, -0.1) is 0 Å². The molecule has 0 radical (unpaired) electrons. The Labute approximate surface area is 102 Å². The van der Waals surface area contributed by atoms with Crippen molar-refractivity contribution in [1.82, 2.24) is 10.2 Å². The standard InChI is InChI=1S/C12H22N2O3/c1-3-14(7-6-11(15)16)12(17)13-10-5-4-9(2)8-10/h9-10H,3-8H2,1-2H3,(H,13,17)(H,15,16). The first kappa shape index (κ1) is 13.8. The Kier molecular flexibility index (Phi) is 5.25. The lowest BCUT2D eigenvalue weighted by atomic mass is 10.1. The van der Waals surface area contributed by atoms with Gasteiger partial charge in [0, 0.05) is 19.1 Å². The van der Waals surface area contributed by atoms with Crippen molar-refractivity contribution in [2.75, 3.05) is 13.1 Å². The summed E-state index contributed by atoms with van der Waals surface area (Å²) in [6.45, 7) is 4.87. The molecule has 0 aromatic carbocycles. The number of aliphatic carboxylic acids is 1. The monoisotopic (exact) mass is 242 g/mol.